The smallest absolute Gasteiger partial charge is 0.338 e. The molecule has 0 radical (unpaired) electrons. The van der Waals surface area contributed by atoms with Crippen molar-refractivity contribution in [2.75, 3.05) is 17.7 Å². The van der Waals surface area contributed by atoms with Crippen molar-refractivity contribution in [3.63, 3.8) is 0 Å². The van der Waals surface area contributed by atoms with Crippen molar-refractivity contribution in [1.29, 1.82) is 0 Å². The zero-order valence-electron chi connectivity index (χ0n) is 21.9. The second-order valence-corrected chi connectivity index (χ2v) is 9.65. The van der Waals surface area contributed by atoms with E-state index in [4.69, 9.17) is 4.74 Å². The highest BCUT2D eigenvalue weighted by molar-refractivity contribution is 7.99. The highest BCUT2D eigenvalue weighted by Gasteiger charge is 2.19. The van der Waals surface area contributed by atoms with E-state index >= 15 is 0 Å². The maximum Gasteiger partial charge on any atom is 0.338 e. The molecule has 200 valence electrons. The molecule has 0 spiro atoms. The molecule has 39 heavy (non-hydrogen) atoms. The van der Waals surface area contributed by atoms with Gasteiger partial charge >= 0.3 is 5.97 Å². The van der Waals surface area contributed by atoms with E-state index in [1.165, 1.54) is 11.8 Å². The number of hydrogen-bond donors (Lipinski definition) is 2. The van der Waals surface area contributed by atoms with Crippen LogP contribution < -0.4 is 10.6 Å². The molecule has 0 saturated carbocycles. The summed E-state index contributed by atoms with van der Waals surface area (Å²) in [5, 5.41) is 14.9. The zero-order chi connectivity index (χ0) is 27.8. The highest BCUT2D eigenvalue weighted by atomic mass is 32.2. The largest absolute Gasteiger partial charge is 0.462 e. The van der Waals surface area contributed by atoms with Crippen LogP contribution in [0.1, 0.15) is 44.6 Å². The van der Waals surface area contributed by atoms with Gasteiger partial charge in [-0.25, -0.2) is 4.79 Å². The first-order chi connectivity index (χ1) is 18.9. The summed E-state index contributed by atoms with van der Waals surface area (Å²) in [7, 11) is 0. The lowest BCUT2D eigenvalue weighted by Gasteiger charge is -2.14. The van der Waals surface area contributed by atoms with E-state index in [1.807, 2.05) is 54.8 Å². The molecular weight excluding hydrogens is 514 g/mol. The fraction of sp³-hybridized carbons (Fsp3) is 0.207. The molecular formula is C29H29N5O4S. The Labute approximate surface area is 231 Å². The summed E-state index contributed by atoms with van der Waals surface area (Å²) in [6.45, 7) is 6.19. The zero-order valence-corrected chi connectivity index (χ0v) is 22.7. The van der Waals surface area contributed by atoms with Crippen molar-refractivity contribution in [1.82, 2.24) is 20.1 Å². The molecule has 0 aliphatic rings. The molecule has 4 rings (SSSR count). The van der Waals surface area contributed by atoms with Gasteiger partial charge in [-0.15, -0.1) is 10.2 Å². The highest BCUT2D eigenvalue weighted by Crippen LogP contribution is 2.25. The summed E-state index contributed by atoms with van der Waals surface area (Å²) in [5.41, 5.74) is 4.47. The first-order valence-electron chi connectivity index (χ1n) is 12.4. The Morgan fingerprint density at radius 2 is 1.67 bits per heavy atom. The first-order valence-corrected chi connectivity index (χ1v) is 13.4. The number of nitrogens with one attached hydrogen (secondary N) is 2. The molecule has 1 aromatic heterocycles. The fourth-order valence-electron chi connectivity index (χ4n) is 3.79. The summed E-state index contributed by atoms with van der Waals surface area (Å²) in [6, 6.07) is 21.5. The maximum absolute atomic E-state index is 12.7. The van der Waals surface area contributed by atoms with Crippen LogP contribution in [0.4, 0.5) is 5.69 Å². The number of carbonyl (C=O) groups is 3. The lowest BCUT2D eigenvalue weighted by Crippen LogP contribution is -2.24. The van der Waals surface area contributed by atoms with Crippen LogP contribution in [0.15, 0.2) is 78.0 Å². The number of ether oxygens (including phenoxy) is 1. The number of amides is 2. The third-order valence-corrected chi connectivity index (χ3v) is 6.69. The molecule has 3 aromatic carbocycles. The summed E-state index contributed by atoms with van der Waals surface area (Å²) in [5.74, 6) is -0.233. The van der Waals surface area contributed by atoms with Crippen molar-refractivity contribution in [2.24, 2.45) is 0 Å². The average Bonchev–Trinajstić information content (AvgIpc) is 3.35. The molecule has 0 aliphatic heterocycles. The predicted octanol–water partition coefficient (Wildman–Crippen LogP) is 4.72. The summed E-state index contributed by atoms with van der Waals surface area (Å²) in [6.07, 6.45) is 0. The third kappa shape index (κ3) is 7.11. The Hall–Kier alpha value is -4.44. The number of aryl methyl sites for hydroxylation is 2. The molecule has 0 aliphatic carbocycles. The minimum Gasteiger partial charge on any atom is -0.462 e. The van der Waals surface area contributed by atoms with E-state index in [9.17, 15) is 14.4 Å². The van der Waals surface area contributed by atoms with Crippen molar-refractivity contribution in [3.8, 4) is 5.69 Å². The Bertz CT molecular complexity index is 1470. The first kappa shape index (κ1) is 27.6. The Morgan fingerprint density at radius 3 is 2.38 bits per heavy atom. The Balaban J connectivity index is 1.48. The average molecular weight is 544 g/mol. The van der Waals surface area contributed by atoms with Gasteiger partial charge < -0.3 is 15.4 Å². The number of carbonyl (C=O) groups excluding carboxylic acids is 3. The molecule has 2 amide bonds. The number of benzene rings is 3. The molecule has 9 nitrogen and oxygen atoms in total. The Kier molecular flexibility index (Phi) is 9.11. The molecule has 10 heteroatoms. The van der Waals surface area contributed by atoms with E-state index in [-0.39, 0.29) is 24.1 Å². The molecule has 0 atom stereocenters. The third-order valence-electron chi connectivity index (χ3n) is 5.76. The van der Waals surface area contributed by atoms with E-state index in [0.29, 0.717) is 34.4 Å². The number of thioether (sulfide) groups is 1. The van der Waals surface area contributed by atoms with Crippen LogP contribution >= 0.6 is 11.8 Å². The second-order valence-electron chi connectivity index (χ2n) is 8.71. The van der Waals surface area contributed by atoms with Gasteiger partial charge in [-0.3, -0.25) is 14.2 Å². The summed E-state index contributed by atoms with van der Waals surface area (Å²) >= 11 is 1.24. The van der Waals surface area contributed by atoms with E-state index < -0.39 is 5.97 Å². The van der Waals surface area contributed by atoms with Crippen LogP contribution in [0.5, 0.6) is 0 Å². The van der Waals surface area contributed by atoms with Crippen molar-refractivity contribution in [2.45, 2.75) is 32.5 Å². The van der Waals surface area contributed by atoms with Gasteiger partial charge in [-0.05, 0) is 74.4 Å². The summed E-state index contributed by atoms with van der Waals surface area (Å²) in [4.78, 5) is 37.2. The van der Waals surface area contributed by atoms with Crippen LogP contribution in [0, 0.1) is 13.8 Å². The van der Waals surface area contributed by atoms with E-state index in [1.54, 1.807) is 43.3 Å². The number of nitrogens with zero attached hydrogens (tertiary/aromatic N) is 3. The van der Waals surface area contributed by atoms with E-state index in [2.05, 4.69) is 20.8 Å². The van der Waals surface area contributed by atoms with Crippen molar-refractivity contribution in [3.05, 3.63) is 101 Å². The quantitative estimate of drug-likeness (QED) is 0.220. The SMILES string of the molecule is CCOC(=O)c1ccc(NC(=O)CSc2nnc(CNC(=O)c3ccccc3)n2-c2cc(C)ccc2C)cc1. The number of rotatable bonds is 10. The predicted molar refractivity (Wildman–Crippen MR) is 150 cm³/mol. The molecule has 0 fully saturated rings. The van der Waals surface area contributed by atoms with Gasteiger partial charge in [0.2, 0.25) is 5.91 Å². The van der Waals surface area contributed by atoms with Gasteiger partial charge in [0.05, 0.1) is 30.2 Å². The number of esters is 1. The number of hydrogen-bond acceptors (Lipinski definition) is 7. The van der Waals surface area contributed by atoms with Gasteiger partial charge in [0, 0.05) is 11.3 Å². The maximum atomic E-state index is 12.7. The van der Waals surface area contributed by atoms with Gasteiger partial charge in [0.15, 0.2) is 11.0 Å². The summed E-state index contributed by atoms with van der Waals surface area (Å²) < 4.78 is 6.86. The molecule has 4 aromatic rings. The van der Waals surface area contributed by atoms with Gasteiger partial charge in [-0.2, -0.15) is 0 Å². The van der Waals surface area contributed by atoms with Crippen LogP contribution in [-0.4, -0.2) is 44.9 Å². The minimum atomic E-state index is -0.410. The topological polar surface area (TPSA) is 115 Å². The Morgan fingerprint density at radius 1 is 0.923 bits per heavy atom. The van der Waals surface area contributed by atoms with Crippen LogP contribution in [0.2, 0.25) is 0 Å². The molecule has 2 N–H and O–H groups in total. The normalized spacial score (nSPS) is 10.6. The molecule has 0 saturated heterocycles. The van der Waals surface area contributed by atoms with Gasteiger partial charge in [0.25, 0.3) is 5.91 Å². The van der Waals surface area contributed by atoms with Crippen molar-refractivity contribution < 1.29 is 19.1 Å². The number of anilines is 1. The fourth-order valence-corrected chi connectivity index (χ4v) is 4.56. The lowest BCUT2D eigenvalue weighted by atomic mass is 10.1. The van der Waals surface area contributed by atoms with Gasteiger partial charge in [-0.1, -0.05) is 42.1 Å². The van der Waals surface area contributed by atoms with Crippen LogP contribution in [0.25, 0.3) is 5.69 Å². The minimum absolute atomic E-state index is 0.0823. The van der Waals surface area contributed by atoms with E-state index in [0.717, 1.165) is 16.8 Å². The van der Waals surface area contributed by atoms with Crippen molar-refractivity contribution >= 4 is 35.2 Å². The lowest BCUT2D eigenvalue weighted by molar-refractivity contribution is -0.113. The van der Waals surface area contributed by atoms with Crippen LogP contribution in [0.3, 0.4) is 0 Å². The molecule has 0 unspecified atom stereocenters. The van der Waals surface area contributed by atoms with Gasteiger partial charge in [0.1, 0.15) is 0 Å². The molecule has 0 bridgehead atoms. The monoisotopic (exact) mass is 543 g/mol. The van der Waals surface area contributed by atoms with Crippen LogP contribution in [-0.2, 0) is 16.1 Å². The second kappa shape index (κ2) is 12.9. The number of aromatic nitrogens is 3. The standard InChI is InChI=1S/C29H29N5O4S/c1-4-38-28(37)22-12-14-23(15-13-22)31-26(35)18-39-29-33-32-25(17-30-27(36)21-8-6-5-7-9-21)34(29)24-16-19(2)10-11-20(24)3/h5-16H,4,17-18H2,1-3H3,(H,30,36)(H,31,35). The molecule has 1 heterocycles.